The molecule has 2 atom stereocenters. The molecule has 6 nitrogen and oxygen atoms in total. The molecule has 0 spiro atoms. The van der Waals surface area contributed by atoms with E-state index in [0.717, 1.165) is 25.2 Å². The van der Waals surface area contributed by atoms with Crippen molar-refractivity contribution in [3.63, 3.8) is 0 Å². The first-order valence-electron chi connectivity index (χ1n) is 7.49. The topological polar surface area (TPSA) is 92.5 Å². The highest BCUT2D eigenvalue weighted by molar-refractivity contribution is 7.92. The van der Waals surface area contributed by atoms with Crippen LogP contribution in [0.1, 0.15) is 30.1 Å². The van der Waals surface area contributed by atoms with Gasteiger partial charge < -0.3 is 10.6 Å². The summed E-state index contributed by atoms with van der Waals surface area (Å²) in [7, 11) is -3.62. The van der Waals surface area contributed by atoms with Crippen molar-refractivity contribution < 1.29 is 17.6 Å². The van der Waals surface area contributed by atoms with Gasteiger partial charge in [-0.15, -0.1) is 12.4 Å². The van der Waals surface area contributed by atoms with E-state index >= 15 is 0 Å². The average molecular weight is 380 g/mol. The maximum Gasteiger partial charge on any atom is 0.253 e. The van der Waals surface area contributed by atoms with Crippen LogP contribution >= 0.6 is 12.4 Å². The third-order valence-electron chi connectivity index (χ3n) is 4.00. The van der Waals surface area contributed by atoms with Gasteiger partial charge in [-0.05, 0) is 43.9 Å². The number of rotatable bonds is 4. The van der Waals surface area contributed by atoms with Gasteiger partial charge in [-0.2, -0.15) is 0 Å². The van der Waals surface area contributed by atoms with Crippen molar-refractivity contribution in [2.24, 2.45) is 11.7 Å². The minimum absolute atomic E-state index is 0. The van der Waals surface area contributed by atoms with Crippen LogP contribution in [-0.4, -0.2) is 44.6 Å². The number of halogens is 2. The van der Waals surface area contributed by atoms with Gasteiger partial charge in [0, 0.05) is 24.7 Å². The number of hydrogen-bond donors (Lipinski definition) is 2. The summed E-state index contributed by atoms with van der Waals surface area (Å²) in [5, 5.41) is 0. The van der Waals surface area contributed by atoms with Crippen molar-refractivity contribution in [1.82, 2.24) is 4.90 Å². The van der Waals surface area contributed by atoms with Gasteiger partial charge in [0.1, 0.15) is 5.82 Å². The number of amides is 1. The number of carbonyl (C=O) groups excluding carboxylic acids is 1. The Morgan fingerprint density at radius 2 is 2.12 bits per heavy atom. The number of piperidine rings is 1. The first-order chi connectivity index (χ1) is 10.7. The normalized spacial score (nSPS) is 19.3. The van der Waals surface area contributed by atoms with Crippen LogP contribution in [0, 0.1) is 11.7 Å². The van der Waals surface area contributed by atoms with Crippen molar-refractivity contribution in [3.05, 3.63) is 29.6 Å². The molecule has 24 heavy (non-hydrogen) atoms. The first kappa shape index (κ1) is 20.7. The van der Waals surface area contributed by atoms with E-state index in [1.165, 1.54) is 12.1 Å². The number of anilines is 1. The van der Waals surface area contributed by atoms with Crippen LogP contribution in [0.5, 0.6) is 0 Å². The quantitative estimate of drug-likeness (QED) is 0.834. The summed E-state index contributed by atoms with van der Waals surface area (Å²) < 4.78 is 38.3. The maximum atomic E-state index is 13.7. The molecule has 1 saturated heterocycles. The van der Waals surface area contributed by atoms with Gasteiger partial charge in [0.25, 0.3) is 5.91 Å². The number of sulfonamides is 1. The molecule has 0 radical (unpaired) electrons. The molecule has 1 aliphatic heterocycles. The smallest absolute Gasteiger partial charge is 0.253 e. The Labute approximate surface area is 148 Å². The first-order valence-corrected chi connectivity index (χ1v) is 9.38. The molecular weight excluding hydrogens is 357 g/mol. The van der Waals surface area contributed by atoms with Crippen molar-refractivity contribution in [2.75, 3.05) is 24.1 Å². The summed E-state index contributed by atoms with van der Waals surface area (Å²) in [6.45, 7) is 3.10. The SMILES string of the molecule is CC(N)C1CCCN(C(=O)c2ccc(F)c(NS(C)(=O)=O)c2)C1.Cl. The van der Waals surface area contributed by atoms with Gasteiger partial charge in [0.2, 0.25) is 10.0 Å². The molecule has 0 bridgehead atoms. The minimum Gasteiger partial charge on any atom is -0.338 e. The summed E-state index contributed by atoms with van der Waals surface area (Å²) in [6, 6.07) is 3.68. The van der Waals surface area contributed by atoms with Crippen LogP contribution in [0.25, 0.3) is 0 Å². The fourth-order valence-electron chi connectivity index (χ4n) is 2.74. The standard InChI is InChI=1S/C15H22FN3O3S.ClH/c1-10(17)12-4-3-7-19(9-12)15(20)11-5-6-13(16)14(8-11)18-23(2,21)22;/h5-6,8,10,12,18H,3-4,7,9,17H2,1-2H3;1H. The Morgan fingerprint density at radius 3 is 2.71 bits per heavy atom. The highest BCUT2D eigenvalue weighted by Gasteiger charge is 2.27. The molecule has 1 fully saturated rings. The van der Waals surface area contributed by atoms with Crippen LogP contribution in [0.3, 0.4) is 0 Å². The number of nitrogens with one attached hydrogen (secondary N) is 1. The number of likely N-dealkylation sites (tertiary alicyclic amines) is 1. The van der Waals surface area contributed by atoms with Crippen LogP contribution in [0.2, 0.25) is 0 Å². The van der Waals surface area contributed by atoms with Crippen molar-refractivity contribution in [3.8, 4) is 0 Å². The number of nitrogens with two attached hydrogens (primary N) is 1. The van der Waals surface area contributed by atoms with E-state index in [2.05, 4.69) is 4.72 Å². The summed E-state index contributed by atoms with van der Waals surface area (Å²) in [6.07, 6.45) is 2.78. The van der Waals surface area contributed by atoms with Crippen molar-refractivity contribution in [1.29, 1.82) is 0 Å². The summed E-state index contributed by atoms with van der Waals surface area (Å²) in [5.41, 5.74) is 5.95. The Kier molecular flexibility index (Phi) is 7.00. The molecule has 0 aliphatic carbocycles. The number of benzene rings is 1. The number of hydrogen-bond acceptors (Lipinski definition) is 4. The monoisotopic (exact) mass is 379 g/mol. The molecule has 3 N–H and O–H groups in total. The Morgan fingerprint density at radius 1 is 1.46 bits per heavy atom. The third kappa shape index (κ3) is 5.32. The minimum atomic E-state index is -3.62. The van der Waals surface area contributed by atoms with Gasteiger partial charge in [0.05, 0.1) is 11.9 Å². The zero-order chi connectivity index (χ0) is 17.2. The molecule has 1 aliphatic rings. The third-order valence-corrected chi connectivity index (χ3v) is 4.59. The van der Waals surface area contributed by atoms with E-state index in [9.17, 15) is 17.6 Å². The highest BCUT2D eigenvalue weighted by atomic mass is 35.5. The van der Waals surface area contributed by atoms with Gasteiger partial charge in [-0.25, -0.2) is 12.8 Å². The van der Waals surface area contributed by atoms with E-state index in [1.54, 1.807) is 4.90 Å². The lowest BCUT2D eigenvalue weighted by Crippen LogP contribution is -2.45. The van der Waals surface area contributed by atoms with E-state index in [-0.39, 0.29) is 41.5 Å². The maximum absolute atomic E-state index is 13.7. The van der Waals surface area contributed by atoms with Gasteiger partial charge in [0.15, 0.2) is 0 Å². The van der Waals surface area contributed by atoms with Crippen LogP contribution in [0.15, 0.2) is 18.2 Å². The molecule has 1 heterocycles. The van der Waals surface area contributed by atoms with Crippen molar-refractivity contribution >= 4 is 34.0 Å². The van der Waals surface area contributed by atoms with E-state index < -0.39 is 15.8 Å². The molecule has 1 amide bonds. The van der Waals surface area contributed by atoms with Crippen LogP contribution in [0.4, 0.5) is 10.1 Å². The van der Waals surface area contributed by atoms with Gasteiger partial charge in [-0.3, -0.25) is 9.52 Å². The molecule has 1 aromatic rings. The lowest BCUT2D eigenvalue weighted by Gasteiger charge is -2.34. The lowest BCUT2D eigenvalue weighted by molar-refractivity contribution is 0.0661. The molecule has 9 heteroatoms. The molecule has 2 rings (SSSR count). The molecule has 1 aromatic carbocycles. The Hall–Kier alpha value is -1.38. The van der Waals surface area contributed by atoms with E-state index in [1.807, 2.05) is 6.92 Å². The summed E-state index contributed by atoms with van der Waals surface area (Å²) in [5.74, 6) is -0.729. The van der Waals surface area contributed by atoms with Gasteiger partial charge in [-0.1, -0.05) is 0 Å². The number of nitrogens with zero attached hydrogens (tertiary/aromatic N) is 1. The second-order valence-electron chi connectivity index (χ2n) is 6.08. The predicted molar refractivity (Wildman–Crippen MR) is 94.4 cm³/mol. The molecule has 136 valence electrons. The summed E-state index contributed by atoms with van der Waals surface area (Å²) >= 11 is 0. The molecule has 0 saturated carbocycles. The average Bonchev–Trinajstić information content (AvgIpc) is 2.47. The Balaban J connectivity index is 0.00000288. The zero-order valence-electron chi connectivity index (χ0n) is 13.7. The van der Waals surface area contributed by atoms with Gasteiger partial charge >= 0.3 is 0 Å². The molecule has 2 unspecified atom stereocenters. The van der Waals surface area contributed by atoms with E-state index in [4.69, 9.17) is 5.73 Å². The fraction of sp³-hybridized carbons (Fsp3) is 0.533. The fourth-order valence-corrected chi connectivity index (χ4v) is 3.30. The zero-order valence-corrected chi connectivity index (χ0v) is 15.3. The second kappa shape index (κ2) is 8.13. The lowest BCUT2D eigenvalue weighted by atomic mass is 9.92. The number of carbonyl (C=O) groups is 1. The predicted octanol–water partition coefficient (Wildman–Crippen LogP) is 1.82. The highest BCUT2D eigenvalue weighted by Crippen LogP contribution is 2.23. The van der Waals surface area contributed by atoms with E-state index in [0.29, 0.717) is 13.1 Å². The molecular formula is C15H23ClFN3O3S. The second-order valence-corrected chi connectivity index (χ2v) is 7.83. The Bertz CT molecular complexity index is 697. The van der Waals surface area contributed by atoms with Crippen LogP contribution < -0.4 is 10.5 Å². The van der Waals surface area contributed by atoms with Crippen LogP contribution in [-0.2, 0) is 10.0 Å². The van der Waals surface area contributed by atoms with Crippen molar-refractivity contribution in [2.45, 2.75) is 25.8 Å². The largest absolute Gasteiger partial charge is 0.338 e. The molecule has 0 aromatic heterocycles. The summed E-state index contributed by atoms with van der Waals surface area (Å²) in [4.78, 5) is 14.3.